The second kappa shape index (κ2) is 9.75. The summed E-state index contributed by atoms with van der Waals surface area (Å²) in [4.78, 5) is 15.5. The minimum atomic E-state index is 0.188. The largest absolute Gasteiger partial charge is 0.461 e. The molecule has 0 radical (unpaired) electrons. The SMILES string of the molecule is C#Cc1cccc2cccc(N3CCc4c(nc(OCC56CCCN5CCC6)nc4C4CC5CCC(C4)N5)C3)c12. The minimum Gasteiger partial charge on any atom is -0.461 e. The molecule has 2 atom stereocenters. The molecule has 1 N–H and O–H groups in total. The molecule has 0 amide bonds. The second-order valence-corrected chi connectivity index (χ2v) is 12.8. The maximum Gasteiger partial charge on any atom is 0.316 e. The van der Waals surface area contributed by atoms with Crippen LogP contribution in [0.4, 0.5) is 5.69 Å². The zero-order valence-electron chi connectivity index (χ0n) is 23.4. The van der Waals surface area contributed by atoms with Crippen molar-refractivity contribution in [3.8, 4) is 18.4 Å². The summed E-state index contributed by atoms with van der Waals surface area (Å²) in [5, 5.41) is 6.18. The number of aromatic nitrogens is 2. The topological polar surface area (TPSA) is 53.5 Å². The third kappa shape index (κ3) is 4.09. The van der Waals surface area contributed by atoms with Crippen LogP contribution in [0.3, 0.4) is 0 Å². The van der Waals surface area contributed by atoms with Crippen molar-refractivity contribution in [2.75, 3.05) is 31.1 Å². The van der Waals surface area contributed by atoms with Gasteiger partial charge < -0.3 is 15.0 Å². The molecule has 0 spiro atoms. The Morgan fingerprint density at radius 2 is 1.77 bits per heavy atom. The van der Waals surface area contributed by atoms with Crippen LogP contribution >= 0.6 is 0 Å². The number of hydrogen-bond acceptors (Lipinski definition) is 6. The highest BCUT2D eigenvalue weighted by atomic mass is 16.5. The molecule has 206 valence electrons. The summed E-state index contributed by atoms with van der Waals surface area (Å²) >= 11 is 0. The lowest BCUT2D eigenvalue weighted by Gasteiger charge is -2.35. The molecule has 3 aromatic rings. The minimum absolute atomic E-state index is 0.188. The van der Waals surface area contributed by atoms with Gasteiger partial charge in [-0.1, -0.05) is 30.2 Å². The summed E-state index contributed by atoms with van der Waals surface area (Å²) in [6, 6.07) is 14.6. The summed E-state index contributed by atoms with van der Waals surface area (Å²) in [5.74, 6) is 3.41. The average molecular weight is 534 g/mol. The Morgan fingerprint density at radius 1 is 1.00 bits per heavy atom. The van der Waals surface area contributed by atoms with Gasteiger partial charge in [-0.15, -0.1) is 6.42 Å². The van der Waals surface area contributed by atoms with Gasteiger partial charge in [-0.05, 0) is 94.0 Å². The van der Waals surface area contributed by atoms with E-state index in [1.54, 1.807) is 0 Å². The van der Waals surface area contributed by atoms with Crippen molar-refractivity contribution in [3.05, 3.63) is 58.9 Å². The quantitative estimate of drug-likeness (QED) is 0.456. The van der Waals surface area contributed by atoms with E-state index in [0.717, 1.165) is 30.8 Å². The van der Waals surface area contributed by atoms with E-state index in [-0.39, 0.29) is 5.54 Å². The molecule has 40 heavy (non-hydrogen) atoms. The highest BCUT2D eigenvalue weighted by Gasteiger charge is 2.45. The monoisotopic (exact) mass is 533 g/mol. The number of piperidine rings is 1. The number of hydrogen-bond donors (Lipinski definition) is 1. The van der Waals surface area contributed by atoms with Crippen LogP contribution in [0.15, 0.2) is 36.4 Å². The van der Waals surface area contributed by atoms with Gasteiger partial charge in [-0.2, -0.15) is 9.97 Å². The maximum atomic E-state index is 6.58. The second-order valence-electron chi connectivity index (χ2n) is 12.8. The molecular formula is C34H39N5O. The smallest absolute Gasteiger partial charge is 0.316 e. The molecule has 0 aliphatic carbocycles. The third-order valence-electron chi connectivity index (χ3n) is 10.6. The first-order valence-corrected chi connectivity index (χ1v) is 15.5. The third-order valence-corrected chi connectivity index (χ3v) is 10.6. The zero-order chi connectivity index (χ0) is 26.7. The predicted molar refractivity (Wildman–Crippen MR) is 159 cm³/mol. The number of ether oxygens (including phenoxy) is 1. The van der Waals surface area contributed by atoms with E-state index in [9.17, 15) is 0 Å². The molecule has 2 unspecified atom stereocenters. The normalized spacial score (nSPS) is 27.0. The van der Waals surface area contributed by atoms with Crippen LogP contribution in [0.5, 0.6) is 6.01 Å². The Balaban J connectivity index is 1.15. The predicted octanol–water partition coefficient (Wildman–Crippen LogP) is 5.18. The lowest BCUT2D eigenvalue weighted by molar-refractivity contribution is 0.107. The molecule has 6 heteroatoms. The molecule has 5 aliphatic heterocycles. The van der Waals surface area contributed by atoms with E-state index in [4.69, 9.17) is 21.1 Å². The Kier molecular flexibility index (Phi) is 6.00. The van der Waals surface area contributed by atoms with Gasteiger partial charge in [0.2, 0.25) is 0 Å². The van der Waals surface area contributed by atoms with Crippen LogP contribution in [0.1, 0.15) is 79.8 Å². The van der Waals surface area contributed by atoms with Crippen LogP contribution < -0.4 is 15.0 Å². The van der Waals surface area contributed by atoms with Gasteiger partial charge >= 0.3 is 6.01 Å². The highest BCUT2D eigenvalue weighted by molar-refractivity contribution is 5.98. The fourth-order valence-corrected chi connectivity index (χ4v) is 8.69. The van der Waals surface area contributed by atoms with Gasteiger partial charge in [0, 0.05) is 41.2 Å². The van der Waals surface area contributed by atoms with Gasteiger partial charge in [0.1, 0.15) is 6.61 Å². The fourth-order valence-electron chi connectivity index (χ4n) is 8.69. The van der Waals surface area contributed by atoms with Crippen LogP contribution in [0, 0.1) is 12.3 Å². The molecule has 6 heterocycles. The van der Waals surface area contributed by atoms with E-state index >= 15 is 0 Å². The molecule has 5 aliphatic rings. The first-order chi connectivity index (χ1) is 19.7. The number of fused-ring (bicyclic) bond motifs is 5. The van der Waals surface area contributed by atoms with E-state index in [0.29, 0.717) is 30.6 Å². The Bertz CT molecular complexity index is 1470. The molecule has 0 saturated carbocycles. The van der Waals surface area contributed by atoms with E-state index in [2.05, 4.69) is 57.4 Å². The summed E-state index contributed by atoms with van der Waals surface area (Å²) in [6.45, 7) is 4.82. The van der Waals surface area contributed by atoms with Crippen LogP contribution in [0.2, 0.25) is 0 Å². The van der Waals surface area contributed by atoms with Crippen molar-refractivity contribution >= 4 is 16.5 Å². The van der Waals surface area contributed by atoms with Gasteiger partial charge in [0.05, 0.1) is 23.5 Å². The summed E-state index contributed by atoms with van der Waals surface area (Å²) in [5.41, 5.74) is 6.12. The number of rotatable bonds is 5. The van der Waals surface area contributed by atoms with Crippen LogP contribution in [-0.2, 0) is 13.0 Å². The standard InChI is InChI=1S/C34H39N5O/c1-2-23-7-3-8-24-9-4-10-30(31(23)24)38-18-13-28-29(21-38)36-33(40-22-34-14-5-16-39(34)17-6-15-34)37-32(28)25-19-26-11-12-27(20-25)35-26/h1,3-4,7-10,25-27,35H,5-6,11-22H2. The lowest BCUT2D eigenvalue weighted by atomic mass is 9.85. The fraction of sp³-hybridized carbons (Fsp3) is 0.529. The molecule has 8 rings (SSSR count). The molecule has 1 aromatic heterocycles. The molecule has 6 nitrogen and oxygen atoms in total. The average Bonchev–Trinajstić information content (AvgIpc) is 3.68. The van der Waals surface area contributed by atoms with Crippen molar-refractivity contribution in [1.29, 1.82) is 0 Å². The van der Waals surface area contributed by atoms with Gasteiger partial charge in [0.15, 0.2) is 0 Å². The van der Waals surface area contributed by atoms with Crippen molar-refractivity contribution in [2.24, 2.45) is 0 Å². The van der Waals surface area contributed by atoms with Crippen molar-refractivity contribution in [2.45, 2.75) is 87.9 Å². The molecule has 2 aromatic carbocycles. The number of benzene rings is 2. The molecular weight excluding hydrogens is 494 g/mol. The lowest BCUT2D eigenvalue weighted by Crippen LogP contribution is -2.43. The van der Waals surface area contributed by atoms with Crippen molar-refractivity contribution < 1.29 is 4.74 Å². The van der Waals surface area contributed by atoms with Gasteiger partial charge in [0.25, 0.3) is 0 Å². The summed E-state index contributed by atoms with van der Waals surface area (Å²) in [6.07, 6.45) is 16.9. The molecule has 2 bridgehead atoms. The Labute approximate surface area is 237 Å². The first kappa shape index (κ1) is 24.6. The maximum absolute atomic E-state index is 6.58. The number of nitrogens with zero attached hydrogens (tertiary/aromatic N) is 4. The van der Waals surface area contributed by atoms with Crippen LogP contribution in [-0.4, -0.2) is 58.7 Å². The van der Waals surface area contributed by atoms with E-state index in [1.165, 1.54) is 92.2 Å². The number of terminal acetylenes is 1. The molecule has 4 saturated heterocycles. The van der Waals surface area contributed by atoms with E-state index < -0.39 is 0 Å². The van der Waals surface area contributed by atoms with E-state index in [1.807, 2.05) is 0 Å². The Morgan fingerprint density at radius 3 is 2.55 bits per heavy atom. The first-order valence-electron chi connectivity index (χ1n) is 15.5. The van der Waals surface area contributed by atoms with Gasteiger partial charge in [-0.25, -0.2) is 0 Å². The van der Waals surface area contributed by atoms with Crippen molar-refractivity contribution in [1.82, 2.24) is 20.2 Å². The Hall–Kier alpha value is -3.14. The van der Waals surface area contributed by atoms with Gasteiger partial charge in [-0.3, -0.25) is 4.90 Å². The molecule has 4 fully saturated rings. The highest BCUT2D eigenvalue weighted by Crippen LogP contribution is 2.42. The number of nitrogens with one attached hydrogen (secondary N) is 1. The summed E-state index contributed by atoms with van der Waals surface area (Å²) in [7, 11) is 0. The zero-order valence-corrected chi connectivity index (χ0v) is 23.4. The van der Waals surface area contributed by atoms with Crippen LogP contribution in [0.25, 0.3) is 10.8 Å². The van der Waals surface area contributed by atoms with Crippen molar-refractivity contribution in [3.63, 3.8) is 0 Å². The number of anilines is 1. The summed E-state index contributed by atoms with van der Waals surface area (Å²) < 4.78 is 6.58.